The Labute approximate surface area is 154 Å². The van der Waals surface area contributed by atoms with Gasteiger partial charge in [0.05, 0.1) is 4.92 Å². The van der Waals surface area contributed by atoms with E-state index in [-0.39, 0.29) is 11.6 Å². The molecule has 0 radical (unpaired) electrons. The predicted octanol–water partition coefficient (Wildman–Crippen LogP) is 4.65. The van der Waals surface area contributed by atoms with Crippen LogP contribution in [0.2, 0.25) is 0 Å². The topological polar surface area (TPSA) is 98.0 Å². The van der Waals surface area contributed by atoms with E-state index in [0.717, 1.165) is 31.2 Å². The molecule has 0 aliphatic rings. The summed E-state index contributed by atoms with van der Waals surface area (Å²) in [6.45, 7) is 2.13. The number of hydrogen-bond donors (Lipinski definition) is 1. The number of nitrogens with zero attached hydrogens (tertiary/aromatic N) is 3. The zero-order valence-corrected chi connectivity index (χ0v) is 15.6. The lowest BCUT2D eigenvalue weighted by molar-refractivity contribution is -0.384. The summed E-state index contributed by atoms with van der Waals surface area (Å²) in [4.78, 5) is 22.2. The number of rotatable bonds is 10. The molecule has 1 aromatic heterocycles. The third-order valence-corrected chi connectivity index (χ3v) is 5.44. The molecule has 1 amide bonds. The van der Waals surface area contributed by atoms with E-state index >= 15 is 0 Å². The minimum Gasteiger partial charge on any atom is -0.301 e. The number of aromatic nitrogens is 2. The molecule has 0 unspecified atom stereocenters. The largest absolute Gasteiger partial charge is 0.301 e. The summed E-state index contributed by atoms with van der Waals surface area (Å²) < 4.78 is 0.716. The van der Waals surface area contributed by atoms with E-state index in [9.17, 15) is 14.9 Å². The highest BCUT2D eigenvalue weighted by molar-refractivity contribution is 8.00. The number of hydrogen-bond acceptors (Lipinski definition) is 7. The van der Waals surface area contributed by atoms with Gasteiger partial charge in [0.2, 0.25) is 11.0 Å². The number of unbranched alkanes of at least 4 members (excludes halogenated alkanes) is 3. The Morgan fingerprint density at radius 3 is 2.92 bits per heavy atom. The number of amides is 1. The number of nitrogens with one attached hydrogen (secondary N) is 1. The van der Waals surface area contributed by atoms with Crippen LogP contribution in [0.1, 0.15) is 44.6 Å². The maximum Gasteiger partial charge on any atom is 0.269 e. The van der Waals surface area contributed by atoms with Crippen molar-refractivity contribution in [1.82, 2.24) is 10.2 Å². The van der Waals surface area contributed by atoms with Gasteiger partial charge < -0.3 is 5.32 Å². The van der Waals surface area contributed by atoms with Crippen LogP contribution in [0.25, 0.3) is 0 Å². The van der Waals surface area contributed by atoms with Gasteiger partial charge in [0.1, 0.15) is 0 Å². The Morgan fingerprint density at radius 2 is 2.16 bits per heavy atom. The molecule has 0 fully saturated rings. The monoisotopic (exact) mass is 380 g/mol. The fourth-order valence-electron chi connectivity index (χ4n) is 2.12. The molecule has 1 heterocycles. The zero-order valence-electron chi connectivity index (χ0n) is 13.9. The van der Waals surface area contributed by atoms with E-state index in [1.807, 2.05) is 6.07 Å². The van der Waals surface area contributed by atoms with Gasteiger partial charge in [0, 0.05) is 24.3 Å². The van der Waals surface area contributed by atoms with Gasteiger partial charge in [-0.3, -0.25) is 14.9 Å². The fraction of sp³-hybridized carbons (Fsp3) is 0.438. The number of thioether (sulfide) groups is 1. The number of carbonyl (C=O) groups excluding carboxylic acids is 1. The second kappa shape index (κ2) is 10.1. The lowest BCUT2D eigenvalue weighted by Crippen LogP contribution is -2.10. The quantitative estimate of drug-likeness (QED) is 0.212. The Balaban J connectivity index is 1.80. The normalized spacial score (nSPS) is 10.6. The highest BCUT2D eigenvalue weighted by Crippen LogP contribution is 2.29. The molecule has 1 N–H and O–H groups in total. The lowest BCUT2D eigenvalue weighted by atomic mass is 10.1. The van der Waals surface area contributed by atoms with E-state index in [2.05, 4.69) is 22.4 Å². The molecular weight excluding hydrogens is 360 g/mol. The van der Waals surface area contributed by atoms with Gasteiger partial charge in [-0.1, -0.05) is 61.4 Å². The minimum absolute atomic E-state index is 0.0394. The van der Waals surface area contributed by atoms with E-state index in [1.165, 1.54) is 29.2 Å². The number of nitro groups is 1. The van der Waals surface area contributed by atoms with Crippen molar-refractivity contribution in [2.45, 2.75) is 49.1 Å². The fourth-order valence-corrected chi connectivity index (χ4v) is 3.83. The minimum atomic E-state index is -0.409. The Morgan fingerprint density at radius 1 is 1.32 bits per heavy atom. The van der Waals surface area contributed by atoms with Gasteiger partial charge in [0.15, 0.2) is 4.34 Å². The number of anilines is 1. The third kappa shape index (κ3) is 6.79. The highest BCUT2D eigenvalue weighted by atomic mass is 32.2. The highest BCUT2D eigenvalue weighted by Gasteiger charge is 2.10. The summed E-state index contributed by atoms with van der Waals surface area (Å²) >= 11 is 2.75. The first kappa shape index (κ1) is 19.3. The van der Waals surface area contributed by atoms with Crippen LogP contribution in [0, 0.1) is 10.1 Å². The van der Waals surface area contributed by atoms with Crippen molar-refractivity contribution < 1.29 is 9.72 Å². The first-order valence-electron chi connectivity index (χ1n) is 8.08. The molecule has 0 saturated heterocycles. The van der Waals surface area contributed by atoms with Crippen molar-refractivity contribution in [3.63, 3.8) is 0 Å². The van der Waals surface area contributed by atoms with Crippen molar-refractivity contribution in [2.75, 3.05) is 5.32 Å². The van der Waals surface area contributed by atoms with Gasteiger partial charge in [-0.2, -0.15) is 0 Å². The van der Waals surface area contributed by atoms with Gasteiger partial charge in [0.25, 0.3) is 5.69 Å². The van der Waals surface area contributed by atoms with Gasteiger partial charge in [-0.25, -0.2) is 0 Å². The third-order valence-electron chi connectivity index (χ3n) is 3.39. The summed E-state index contributed by atoms with van der Waals surface area (Å²) in [5.74, 6) is 0.517. The molecule has 0 saturated carbocycles. The number of non-ortho nitro benzene ring substituents is 1. The molecule has 1 aromatic carbocycles. The Kier molecular flexibility index (Phi) is 7.80. The van der Waals surface area contributed by atoms with Crippen LogP contribution in [-0.2, 0) is 10.5 Å². The van der Waals surface area contributed by atoms with Crippen LogP contribution in [0.5, 0.6) is 0 Å². The average Bonchev–Trinajstić information content (AvgIpc) is 3.04. The van der Waals surface area contributed by atoms with Crippen molar-refractivity contribution in [1.29, 1.82) is 0 Å². The molecule has 0 atom stereocenters. The van der Waals surface area contributed by atoms with Crippen LogP contribution in [0.15, 0.2) is 28.6 Å². The summed E-state index contributed by atoms with van der Waals surface area (Å²) in [6, 6.07) is 6.51. The number of carbonyl (C=O) groups is 1. The Bertz CT molecular complexity index is 721. The zero-order chi connectivity index (χ0) is 18.1. The molecular formula is C16H20N4O3S2. The van der Waals surface area contributed by atoms with Crippen molar-refractivity contribution in [3.05, 3.63) is 39.9 Å². The smallest absolute Gasteiger partial charge is 0.269 e. The van der Waals surface area contributed by atoms with E-state index in [4.69, 9.17) is 0 Å². The predicted molar refractivity (Wildman–Crippen MR) is 100.0 cm³/mol. The summed E-state index contributed by atoms with van der Waals surface area (Å²) in [5.41, 5.74) is 0.919. The molecule has 7 nitrogen and oxygen atoms in total. The van der Waals surface area contributed by atoms with E-state index in [0.29, 0.717) is 21.6 Å². The average molecular weight is 380 g/mol. The van der Waals surface area contributed by atoms with Crippen LogP contribution in [0.3, 0.4) is 0 Å². The SMILES string of the molecule is CCCCCCC(=O)Nc1nnc(SCc2cccc([N+](=O)[O-])c2)s1. The molecule has 2 aromatic rings. The van der Waals surface area contributed by atoms with E-state index in [1.54, 1.807) is 12.1 Å². The first-order valence-corrected chi connectivity index (χ1v) is 9.88. The second-order valence-electron chi connectivity index (χ2n) is 5.45. The second-order valence-corrected chi connectivity index (χ2v) is 7.65. The van der Waals surface area contributed by atoms with Crippen LogP contribution in [0.4, 0.5) is 10.8 Å². The van der Waals surface area contributed by atoms with Crippen LogP contribution < -0.4 is 5.32 Å². The molecule has 0 aliphatic heterocycles. The van der Waals surface area contributed by atoms with Gasteiger partial charge in [-0.15, -0.1) is 10.2 Å². The van der Waals surface area contributed by atoms with Gasteiger partial charge in [-0.05, 0) is 12.0 Å². The van der Waals surface area contributed by atoms with Crippen LogP contribution in [-0.4, -0.2) is 21.0 Å². The van der Waals surface area contributed by atoms with Gasteiger partial charge >= 0.3 is 0 Å². The standard InChI is InChI=1S/C16H20N4O3S2/c1-2-3-4-5-9-14(21)17-15-18-19-16(25-15)24-11-12-7-6-8-13(10-12)20(22)23/h6-8,10H,2-5,9,11H2,1H3,(H,17,18,21). The summed E-state index contributed by atoms with van der Waals surface area (Å²) in [5, 5.41) is 22.0. The molecule has 2 rings (SSSR count). The summed E-state index contributed by atoms with van der Waals surface area (Å²) in [6.07, 6.45) is 4.72. The molecule has 0 spiro atoms. The van der Waals surface area contributed by atoms with Crippen LogP contribution >= 0.6 is 23.1 Å². The molecule has 25 heavy (non-hydrogen) atoms. The maximum atomic E-state index is 11.8. The molecule has 0 aliphatic carbocycles. The van der Waals surface area contributed by atoms with Crippen molar-refractivity contribution >= 4 is 39.8 Å². The number of benzene rings is 1. The summed E-state index contributed by atoms with van der Waals surface area (Å²) in [7, 11) is 0. The van der Waals surface area contributed by atoms with Crippen molar-refractivity contribution in [3.8, 4) is 0 Å². The lowest BCUT2D eigenvalue weighted by Gasteiger charge is -2.00. The molecule has 9 heteroatoms. The maximum absolute atomic E-state index is 11.8. The molecule has 134 valence electrons. The first-order chi connectivity index (χ1) is 12.1. The Hall–Kier alpha value is -2.00. The number of nitro benzene ring substituents is 1. The molecule has 0 bridgehead atoms. The van der Waals surface area contributed by atoms with Crippen molar-refractivity contribution in [2.24, 2.45) is 0 Å². The van der Waals surface area contributed by atoms with E-state index < -0.39 is 4.92 Å².